The number of halogens is 4. The number of nitrogens with one attached hydrogen (secondary N) is 2. The minimum absolute atomic E-state index is 0. The fourth-order valence-corrected chi connectivity index (χ4v) is 3.11. The predicted molar refractivity (Wildman–Crippen MR) is 121 cm³/mol. The van der Waals surface area contributed by atoms with E-state index in [0.717, 1.165) is 11.1 Å². The van der Waals surface area contributed by atoms with E-state index in [4.69, 9.17) is 4.74 Å². The summed E-state index contributed by atoms with van der Waals surface area (Å²) in [6, 6.07) is 8.04. The normalized spacial score (nSPS) is 18.0. The molecule has 1 unspecified atom stereocenters. The number of hydrogen-bond donors (Lipinski definition) is 2. The van der Waals surface area contributed by atoms with Crippen molar-refractivity contribution < 1.29 is 17.9 Å². The van der Waals surface area contributed by atoms with E-state index in [-0.39, 0.29) is 36.1 Å². The van der Waals surface area contributed by atoms with Gasteiger partial charge in [0.1, 0.15) is 0 Å². The largest absolute Gasteiger partial charge is 0.401 e. The van der Waals surface area contributed by atoms with Gasteiger partial charge in [0.25, 0.3) is 0 Å². The van der Waals surface area contributed by atoms with Crippen molar-refractivity contribution in [2.45, 2.75) is 58.7 Å². The Kier molecular flexibility index (Phi) is 11.3. The summed E-state index contributed by atoms with van der Waals surface area (Å²) in [5.74, 6) is 0.630. The van der Waals surface area contributed by atoms with Gasteiger partial charge in [0, 0.05) is 25.7 Å². The number of ether oxygens (including phenoxy) is 1. The highest BCUT2D eigenvalue weighted by Crippen LogP contribution is 2.20. The Hall–Kier alpha value is -1.07. The summed E-state index contributed by atoms with van der Waals surface area (Å²) >= 11 is 0. The first-order valence-corrected chi connectivity index (χ1v) is 9.78. The van der Waals surface area contributed by atoms with Gasteiger partial charge in [0.05, 0.1) is 25.8 Å². The van der Waals surface area contributed by atoms with Gasteiger partial charge < -0.3 is 15.4 Å². The van der Waals surface area contributed by atoms with E-state index < -0.39 is 12.7 Å². The zero-order chi connectivity index (χ0) is 20.6. The van der Waals surface area contributed by atoms with Gasteiger partial charge in [-0.2, -0.15) is 13.2 Å². The van der Waals surface area contributed by atoms with Gasteiger partial charge in [-0.3, -0.25) is 4.90 Å². The average Bonchev–Trinajstić information content (AvgIpc) is 3.03. The molecule has 2 rings (SSSR count). The minimum atomic E-state index is -4.15. The smallest absolute Gasteiger partial charge is 0.374 e. The van der Waals surface area contributed by atoms with E-state index in [1.807, 2.05) is 39.0 Å². The highest BCUT2D eigenvalue weighted by molar-refractivity contribution is 14.0. The van der Waals surface area contributed by atoms with Crippen LogP contribution in [0.3, 0.4) is 0 Å². The molecule has 0 aromatic heterocycles. The van der Waals surface area contributed by atoms with Crippen LogP contribution in [-0.2, 0) is 17.9 Å². The zero-order valence-corrected chi connectivity index (χ0v) is 19.6. The zero-order valence-electron chi connectivity index (χ0n) is 17.3. The lowest BCUT2D eigenvalue weighted by molar-refractivity contribution is -0.143. The van der Waals surface area contributed by atoms with Crippen LogP contribution in [0.15, 0.2) is 29.3 Å². The van der Waals surface area contributed by atoms with E-state index in [2.05, 4.69) is 21.7 Å². The molecule has 0 bridgehead atoms. The van der Waals surface area contributed by atoms with Crippen LogP contribution in [0.4, 0.5) is 13.2 Å². The van der Waals surface area contributed by atoms with Crippen LogP contribution < -0.4 is 10.6 Å². The summed E-state index contributed by atoms with van der Waals surface area (Å²) in [6.07, 6.45) is -3.31. The van der Waals surface area contributed by atoms with Crippen molar-refractivity contribution in [2.24, 2.45) is 4.99 Å². The summed E-state index contributed by atoms with van der Waals surface area (Å²) in [6.45, 7) is 7.65. The molecule has 0 aliphatic carbocycles. The molecule has 1 aromatic carbocycles. The lowest BCUT2D eigenvalue weighted by atomic mass is 10.1. The van der Waals surface area contributed by atoms with Crippen LogP contribution in [0.5, 0.6) is 0 Å². The van der Waals surface area contributed by atoms with E-state index in [0.29, 0.717) is 45.2 Å². The summed E-state index contributed by atoms with van der Waals surface area (Å²) in [7, 11) is 0. The van der Waals surface area contributed by atoms with Gasteiger partial charge in [-0.05, 0) is 38.3 Å². The maximum absolute atomic E-state index is 12.6. The molecule has 0 spiro atoms. The summed E-state index contributed by atoms with van der Waals surface area (Å²) < 4.78 is 43.3. The third-order valence-corrected chi connectivity index (χ3v) is 4.35. The van der Waals surface area contributed by atoms with E-state index in [1.165, 1.54) is 4.90 Å². The maximum Gasteiger partial charge on any atom is 0.401 e. The summed E-state index contributed by atoms with van der Waals surface area (Å²) in [4.78, 5) is 6.03. The van der Waals surface area contributed by atoms with Crippen LogP contribution >= 0.6 is 24.0 Å². The minimum Gasteiger partial charge on any atom is -0.374 e. The van der Waals surface area contributed by atoms with E-state index in [9.17, 15) is 13.2 Å². The van der Waals surface area contributed by atoms with Crippen LogP contribution in [0, 0.1) is 0 Å². The second-order valence-corrected chi connectivity index (χ2v) is 7.36. The molecule has 1 aliphatic heterocycles. The van der Waals surface area contributed by atoms with Crippen molar-refractivity contribution in [2.75, 3.05) is 26.2 Å². The molecule has 9 heteroatoms. The van der Waals surface area contributed by atoms with Crippen molar-refractivity contribution in [3.63, 3.8) is 0 Å². The van der Waals surface area contributed by atoms with Crippen molar-refractivity contribution in [1.29, 1.82) is 0 Å². The second kappa shape index (κ2) is 12.6. The molecule has 166 valence electrons. The number of alkyl halides is 3. The fourth-order valence-electron chi connectivity index (χ4n) is 3.11. The predicted octanol–water partition coefficient (Wildman–Crippen LogP) is 3.92. The molecule has 0 radical (unpaired) electrons. The van der Waals surface area contributed by atoms with Gasteiger partial charge >= 0.3 is 6.18 Å². The number of likely N-dealkylation sites (tertiary alicyclic amines) is 1. The third-order valence-electron chi connectivity index (χ3n) is 4.35. The first kappa shape index (κ1) is 26.0. The fraction of sp³-hybridized carbons (Fsp3) is 0.650. The molecule has 1 aliphatic rings. The molecule has 0 saturated carbocycles. The Labute approximate surface area is 188 Å². The molecular weight excluding hydrogens is 496 g/mol. The molecular formula is C20H32F3IN4O. The maximum atomic E-state index is 12.6. The first-order valence-electron chi connectivity index (χ1n) is 9.78. The topological polar surface area (TPSA) is 48.9 Å². The quantitative estimate of drug-likeness (QED) is 0.305. The number of rotatable bonds is 8. The molecule has 2 N–H and O–H groups in total. The molecule has 1 saturated heterocycles. The molecule has 29 heavy (non-hydrogen) atoms. The molecule has 5 nitrogen and oxygen atoms in total. The Morgan fingerprint density at radius 2 is 2.03 bits per heavy atom. The highest BCUT2D eigenvalue weighted by Gasteiger charge is 2.34. The van der Waals surface area contributed by atoms with E-state index >= 15 is 0 Å². The lowest BCUT2D eigenvalue weighted by Gasteiger charge is -2.19. The van der Waals surface area contributed by atoms with Crippen LogP contribution in [0.2, 0.25) is 0 Å². The standard InChI is InChI=1S/C20H31F3N4O.HI/c1-4-24-19(26-18-8-9-27(12-18)14-20(21,22)23)25-11-16-6-5-7-17(10-16)13-28-15(2)3;/h5-7,10,15,18H,4,8-9,11-14H2,1-3H3,(H2,24,25,26);1H. The Balaban J connectivity index is 0.00000420. The van der Waals surface area contributed by atoms with Crippen molar-refractivity contribution >= 4 is 29.9 Å². The van der Waals surface area contributed by atoms with Crippen molar-refractivity contribution in [3.8, 4) is 0 Å². The first-order chi connectivity index (χ1) is 13.2. The van der Waals surface area contributed by atoms with Gasteiger partial charge in [0.2, 0.25) is 0 Å². The molecule has 0 amide bonds. The Morgan fingerprint density at radius 3 is 2.69 bits per heavy atom. The van der Waals surface area contributed by atoms with Crippen LogP contribution in [-0.4, -0.2) is 55.4 Å². The van der Waals surface area contributed by atoms with Crippen LogP contribution in [0.1, 0.15) is 38.3 Å². The number of nitrogens with zero attached hydrogens (tertiary/aromatic N) is 2. The number of aliphatic imine (C=N–C) groups is 1. The van der Waals surface area contributed by atoms with Crippen molar-refractivity contribution in [1.82, 2.24) is 15.5 Å². The summed E-state index contributed by atoms with van der Waals surface area (Å²) in [5, 5.41) is 6.43. The van der Waals surface area contributed by atoms with Crippen molar-refractivity contribution in [3.05, 3.63) is 35.4 Å². The number of guanidine groups is 1. The number of benzene rings is 1. The molecule has 1 atom stereocenters. The Morgan fingerprint density at radius 1 is 1.31 bits per heavy atom. The van der Waals surface area contributed by atoms with Gasteiger partial charge in [-0.15, -0.1) is 24.0 Å². The van der Waals surface area contributed by atoms with Crippen LogP contribution in [0.25, 0.3) is 0 Å². The second-order valence-electron chi connectivity index (χ2n) is 7.36. The highest BCUT2D eigenvalue weighted by atomic mass is 127. The number of hydrogen-bond acceptors (Lipinski definition) is 3. The Bertz CT molecular complexity index is 640. The summed E-state index contributed by atoms with van der Waals surface area (Å²) in [5.41, 5.74) is 2.16. The third kappa shape index (κ3) is 10.5. The van der Waals surface area contributed by atoms with Gasteiger partial charge in [0.15, 0.2) is 5.96 Å². The van der Waals surface area contributed by atoms with Gasteiger partial charge in [-0.1, -0.05) is 24.3 Å². The average molecular weight is 528 g/mol. The molecule has 1 aromatic rings. The lowest BCUT2D eigenvalue weighted by Crippen LogP contribution is -2.45. The monoisotopic (exact) mass is 528 g/mol. The van der Waals surface area contributed by atoms with Gasteiger partial charge in [-0.25, -0.2) is 4.99 Å². The SMILES string of the molecule is CCNC(=NCc1cccc(COC(C)C)c1)NC1CCN(CC(F)(F)F)C1.I. The molecule has 1 fully saturated rings. The molecule has 1 heterocycles. The van der Waals surface area contributed by atoms with E-state index in [1.54, 1.807) is 0 Å².